The van der Waals surface area contributed by atoms with E-state index >= 15 is 0 Å². The van der Waals surface area contributed by atoms with Crippen molar-refractivity contribution in [1.82, 2.24) is 0 Å². The molecular weight excluding hydrogens is 156 g/mol. The highest BCUT2D eigenvalue weighted by Crippen LogP contribution is 2.22. The SMILES string of the molecule is C[CH][C@H](C)OC(=O)OC1CCC1. The lowest BCUT2D eigenvalue weighted by Gasteiger charge is -2.25. The summed E-state index contributed by atoms with van der Waals surface area (Å²) in [5.41, 5.74) is 0. The molecule has 0 unspecified atom stereocenters. The Morgan fingerprint density at radius 3 is 2.67 bits per heavy atom. The first-order valence-electron chi connectivity index (χ1n) is 4.39. The fourth-order valence-electron chi connectivity index (χ4n) is 0.872. The first-order chi connectivity index (χ1) is 5.72. The molecule has 0 aliphatic heterocycles. The molecule has 0 aromatic carbocycles. The molecule has 0 aromatic heterocycles. The first-order valence-corrected chi connectivity index (χ1v) is 4.39. The molecule has 0 heterocycles. The Hall–Kier alpha value is -0.730. The van der Waals surface area contributed by atoms with E-state index in [2.05, 4.69) is 0 Å². The van der Waals surface area contributed by atoms with E-state index in [1.54, 1.807) is 0 Å². The standard InChI is InChI=1S/C9H15O3/c1-3-7(2)11-9(10)12-8-5-4-6-8/h3,7-8H,4-6H2,1-2H3/t7-/m0/s1. The van der Waals surface area contributed by atoms with Gasteiger partial charge in [-0.2, -0.15) is 0 Å². The Bertz CT molecular complexity index is 143. The third kappa shape index (κ3) is 2.72. The summed E-state index contributed by atoms with van der Waals surface area (Å²) in [5.74, 6) is 0. The maximum atomic E-state index is 11.0. The van der Waals surface area contributed by atoms with Crippen LogP contribution >= 0.6 is 0 Å². The summed E-state index contributed by atoms with van der Waals surface area (Å²) in [5, 5.41) is 0. The van der Waals surface area contributed by atoms with Crippen molar-refractivity contribution in [2.45, 2.75) is 45.3 Å². The second kappa shape index (κ2) is 4.33. The zero-order valence-corrected chi connectivity index (χ0v) is 7.58. The minimum atomic E-state index is -0.537. The molecule has 1 aliphatic rings. The molecule has 12 heavy (non-hydrogen) atoms. The van der Waals surface area contributed by atoms with Crippen molar-refractivity contribution in [3.63, 3.8) is 0 Å². The third-order valence-electron chi connectivity index (χ3n) is 2.07. The molecule has 1 rings (SSSR count). The van der Waals surface area contributed by atoms with Crippen LogP contribution in [0.5, 0.6) is 0 Å². The topological polar surface area (TPSA) is 35.5 Å². The van der Waals surface area contributed by atoms with Gasteiger partial charge >= 0.3 is 6.16 Å². The average Bonchev–Trinajstić information content (AvgIpc) is 1.97. The monoisotopic (exact) mass is 171 g/mol. The third-order valence-corrected chi connectivity index (χ3v) is 2.07. The molecule has 0 aromatic rings. The van der Waals surface area contributed by atoms with Crippen molar-refractivity contribution in [2.75, 3.05) is 0 Å². The van der Waals surface area contributed by atoms with Crippen molar-refractivity contribution < 1.29 is 14.3 Å². The summed E-state index contributed by atoms with van der Waals surface area (Å²) in [6.07, 6.45) is 4.36. The van der Waals surface area contributed by atoms with E-state index in [1.807, 2.05) is 20.3 Å². The van der Waals surface area contributed by atoms with Crippen LogP contribution in [-0.2, 0) is 9.47 Å². The van der Waals surface area contributed by atoms with Gasteiger partial charge in [0.15, 0.2) is 0 Å². The summed E-state index contributed by atoms with van der Waals surface area (Å²) < 4.78 is 9.87. The molecule has 0 N–H and O–H groups in total. The first kappa shape index (κ1) is 9.36. The summed E-state index contributed by atoms with van der Waals surface area (Å²) in [6.45, 7) is 3.66. The molecule has 1 radical (unpaired) electrons. The van der Waals surface area contributed by atoms with Gasteiger partial charge in [-0.05, 0) is 32.6 Å². The highest BCUT2D eigenvalue weighted by molar-refractivity contribution is 5.60. The predicted molar refractivity (Wildman–Crippen MR) is 44.6 cm³/mol. The summed E-state index contributed by atoms with van der Waals surface area (Å²) in [4.78, 5) is 11.0. The molecule has 1 aliphatic carbocycles. The van der Waals surface area contributed by atoms with Crippen LogP contribution in [0.4, 0.5) is 4.79 Å². The van der Waals surface area contributed by atoms with Crippen molar-refractivity contribution in [3.8, 4) is 0 Å². The molecule has 69 valence electrons. The van der Waals surface area contributed by atoms with Crippen LogP contribution in [0.15, 0.2) is 0 Å². The van der Waals surface area contributed by atoms with Gasteiger partial charge in [-0.1, -0.05) is 6.92 Å². The predicted octanol–water partition coefficient (Wildman–Crippen LogP) is 2.30. The van der Waals surface area contributed by atoms with Crippen LogP contribution < -0.4 is 0 Å². The Labute approximate surface area is 73.0 Å². The second-order valence-corrected chi connectivity index (χ2v) is 3.08. The number of carbonyl (C=O) groups excluding carboxylic acids is 1. The molecule has 1 saturated carbocycles. The van der Waals surface area contributed by atoms with Gasteiger partial charge in [0, 0.05) is 0 Å². The lowest BCUT2D eigenvalue weighted by atomic mass is 9.96. The summed E-state index contributed by atoms with van der Waals surface area (Å²) in [7, 11) is 0. The average molecular weight is 171 g/mol. The van der Waals surface area contributed by atoms with Crippen molar-refractivity contribution >= 4 is 6.16 Å². The molecule has 3 nitrogen and oxygen atoms in total. The zero-order chi connectivity index (χ0) is 8.97. The van der Waals surface area contributed by atoms with E-state index in [0.717, 1.165) is 19.3 Å². The highest BCUT2D eigenvalue weighted by atomic mass is 16.7. The summed E-state index contributed by atoms with van der Waals surface area (Å²) in [6, 6.07) is 0. The number of hydrogen-bond donors (Lipinski definition) is 0. The van der Waals surface area contributed by atoms with E-state index in [-0.39, 0.29) is 12.2 Å². The van der Waals surface area contributed by atoms with E-state index in [4.69, 9.17) is 9.47 Å². The number of hydrogen-bond acceptors (Lipinski definition) is 3. The lowest BCUT2D eigenvalue weighted by Crippen LogP contribution is -2.27. The Balaban J connectivity index is 2.10. The molecular formula is C9H15O3. The molecule has 0 saturated heterocycles. The molecule has 1 atom stereocenters. The maximum Gasteiger partial charge on any atom is 0.508 e. The number of rotatable bonds is 3. The van der Waals surface area contributed by atoms with Gasteiger partial charge in [0.05, 0.1) is 0 Å². The van der Waals surface area contributed by atoms with Crippen molar-refractivity contribution in [2.24, 2.45) is 0 Å². The van der Waals surface area contributed by atoms with Gasteiger partial charge in [0.1, 0.15) is 12.2 Å². The summed E-state index contributed by atoms with van der Waals surface area (Å²) >= 11 is 0. The molecule has 0 amide bonds. The normalized spacial score (nSPS) is 19.5. The van der Waals surface area contributed by atoms with Gasteiger partial charge in [-0.25, -0.2) is 4.79 Å². The molecule has 3 heteroatoms. The van der Waals surface area contributed by atoms with Crippen LogP contribution in [0.25, 0.3) is 0 Å². The van der Waals surface area contributed by atoms with E-state index in [9.17, 15) is 4.79 Å². The number of carbonyl (C=O) groups is 1. The van der Waals surface area contributed by atoms with E-state index in [1.165, 1.54) is 0 Å². The minimum Gasteiger partial charge on any atom is -0.431 e. The maximum absolute atomic E-state index is 11.0. The fraction of sp³-hybridized carbons (Fsp3) is 0.778. The van der Waals surface area contributed by atoms with Crippen LogP contribution in [0.3, 0.4) is 0 Å². The van der Waals surface area contributed by atoms with E-state index in [0.29, 0.717) is 0 Å². The largest absolute Gasteiger partial charge is 0.508 e. The van der Waals surface area contributed by atoms with Crippen LogP contribution in [0, 0.1) is 6.42 Å². The Morgan fingerprint density at radius 2 is 2.25 bits per heavy atom. The second-order valence-electron chi connectivity index (χ2n) is 3.08. The van der Waals surface area contributed by atoms with Gasteiger partial charge < -0.3 is 9.47 Å². The molecule has 1 fully saturated rings. The molecule has 0 spiro atoms. The quantitative estimate of drug-likeness (QED) is 0.611. The van der Waals surface area contributed by atoms with Crippen molar-refractivity contribution in [3.05, 3.63) is 6.42 Å². The van der Waals surface area contributed by atoms with Crippen LogP contribution in [-0.4, -0.2) is 18.4 Å². The van der Waals surface area contributed by atoms with Gasteiger partial charge in [-0.3, -0.25) is 0 Å². The number of ether oxygens (including phenoxy) is 2. The highest BCUT2D eigenvalue weighted by Gasteiger charge is 2.22. The zero-order valence-electron chi connectivity index (χ0n) is 7.58. The minimum absolute atomic E-state index is 0.113. The van der Waals surface area contributed by atoms with Gasteiger partial charge in [0.2, 0.25) is 0 Å². The van der Waals surface area contributed by atoms with Crippen LogP contribution in [0.2, 0.25) is 0 Å². The van der Waals surface area contributed by atoms with Crippen molar-refractivity contribution in [1.29, 1.82) is 0 Å². The van der Waals surface area contributed by atoms with E-state index < -0.39 is 6.16 Å². The lowest BCUT2D eigenvalue weighted by molar-refractivity contribution is -0.0142. The van der Waals surface area contributed by atoms with Gasteiger partial charge in [0.25, 0.3) is 0 Å². The smallest absolute Gasteiger partial charge is 0.431 e. The Morgan fingerprint density at radius 1 is 1.58 bits per heavy atom. The molecule has 0 bridgehead atoms. The fourth-order valence-corrected chi connectivity index (χ4v) is 0.872. The van der Waals surface area contributed by atoms with Gasteiger partial charge in [-0.15, -0.1) is 0 Å². The Kier molecular flexibility index (Phi) is 3.38. The van der Waals surface area contributed by atoms with Crippen LogP contribution in [0.1, 0.15) is 33.1 Å².